The highest BCUT2D eigenvalue weighted by atomic mass is 19.1. The Morgan fingerprint density at radius 1 is 1.00 bits per heavy atom. The van der Waals surface area contributed by atoms with E-state index in [-0.39, 0.29) is 60.1 Å². The van der Waals surface area contributed by atoms with Crippen LogP contribution in [0.25, 0.3) is 0 Å². The normalized spacial score (nSPS) is 43.9. The summed E-state index contributed by atoms with van der Waals surface area (Å²) in [5, 5.41) is 3.04. The predicted octanol–water partition coefficient (Wildman–Crippen LogP) is 2.22. The first-order valence-corrected chi connectivity index (χ1v) is 16.3. The molecule has 40 heavy (non-hydrogen) atoms. The molecule has 0 aromatic rings. The zero-order valence-corrected chi connectivity index (χ0v) is 23.9. The van der Waals surface area contributed by atoms with Crippen molar-refractivity contribution in [2.24, 2.45) is 23.5 Å². The van der Waals surface area contributed by atoms with E-state index in [1.165, 1.54) is 44.9 Å². The predicted molar refractivity (Wildman–Crippen MR) is 150 cm³/mol. The van der Waals surface area contributed by atoms with Crippen molar-refractivity contribution in [1.82, 2.24) is 20.0 Å². The maximum absolute atomic E-state index is 16.1. The summed E-state index contributed by atoms with van der Waals surface area (Å²) in [5.74, 6) is 0.291. The van der Waals surface area contributed by atoms with E-state index < -0.39 is 12.1 Å². The number of nitrogens with zero attached hydrogens (tertiary/aromatic N) is 3. The van der Waals surface area contributed by atoms with Gasteiger partial charge >= 0.3 is 0 Å². The lowest BCUT2D eigenvalue weighted by molar-refractivity contribution is -0.219. The monoisotopic (exact) mass is 557 g/mol. The van der Waals surface area contributed by atoms with Crippen molar-refractivity contribution in [2.45, 2.75) is 113 Å². The number of alkyl halides is 1. The zero-order chi connectivity index (χ0) is 27.4. The first kappa shape index (κ1) is 27.3. The third-order valence-electron chi connectivity index (χ3n) is 11.5. The lowest BCUT2D eigenvalue weighted by Gasteiger charge is -2.61. The SMILES string of the molecule is NC1CCN(C2C(F)CC3C(=O)C(C(=O)NCCN4CCCCC4)=CN4C5CC6CCCCC6CC5OC2C34)C1. The molecule has 7 rings (SSSR count). The number of hydrogen-bond acceptors (Lipinski definition) is 7. The van der Waals surface area contributed by atoms with Crippen LogP contribution in [-0.4, -0.2) is 108 Å². The van der Waals surface area contributed by atoms with Gasteiger partial charge in [0.25, 0.3) is 5.91 Å². The van der Waals surface area contributed by atoms with Gasteiger partial charge in [-0.15, -0.1) is 0 Å². The lowest BCUT2D eigenvalue weighted by Crippen LogP contribution is -2.73. The van der Waals surface area contributed by atoms with Crippen molar-refractivity contribution in [3.8, 4) is 0 Å². The Morgan fingerprint density at radius 2 is 1.77 bits per heavy atom. The molecule has 7 aliphatic rings. The summed E-state index contributed by atoms with van der Waals surface area (Å²) < 4.78 is 23.1. The minimum atomic E-state index is -1.17. The molecule has 3 saturated carbocycles. The van der Waals surface area contributed by atoms with E-state index in [2.05, 4.69) is 20.0 Å². The first-order valence-electron chi connectivity index (χ1n) is 16.3. The van der Waals surface area contributed by atoms with Crippen LogP contribution >= 0.6 is 0 Å². The molecular weight excluding hydrogens is 509 g/mol. The van der Waals surface area contributed by atoms with E-state index in [0.717, 1.165) is 45.4 Å². The number of rotatable bonds is 5. The van der Waals surface area contributed by atoms with E-state index in [0.29, 0.717) is 24.9 Å². The van der Waals surface area contributed by atoms with Crippen molar-refractivity contribution < 1.29 is 18.7 Å². The number of likely N-dealkylation sites (tertiary alicyclic amines) is 2. The van der Waals surface area contributed by atoms with E-state index in [4.69, 9.17) is 10.5 Å². The molecule has 10 atom stereocenters. The second-order valence-electron chi connectivity index (χ2n) is 13.9. The van der Waals surface area contributed by atoms with Gasteiger partial charge in [0.15, 0.2) is 5.78 Å². The number of fused-ring (bicyclic) bond motifs is 3. The van der Waals surface area contributed by atoms with Crippen LogP contribution in [0.2, 0.25) is 0 Å². The third-order valence-corrected chi connectivity index (χ3v) is 11.5. The van der Waals surface area contributed by atoms with Gasteiger partial charge in [-0.1, -0.05) is 32.1 Å². The van der Waals surface area contributed by atoms with Crippen LogP contribution in [0.15, 0.2) is 11.8 Å². The number of carbonyl (C=O) groups excluding carboxylic acids is 2. The third kappa shape index (κ3) is 4.92. The molecule has 1 amide bonds. The summed E-state index contributed by atoms with van der Waals surface area (Å²) in [6, 6.07) is -0.399. The second kappa shape index (κ2) is 11.3. The van der Waals surface area contributed by atoms with E-state index in [1.54, 1.807) is 0 Å². The minimum Gasteiger partial charge on any atom is -0.369 e. The molecule has 10 unspecified atom stereocenters. The number of morpholine rings is 1. The van der Waals surface area contributed by atoms with Crippen molar-refractivity contribution >= 4 is 11.7 Å². The maximum atomic E-state index is 16.1. The molecule has 0 aromatic heterocycles. The summed E-state index contributed by atoms with van der Waals surface area (Å²) in [4.78, 5) is 34.3. The molecule has 0 spiro atoms. The molecule has 0 bridgehead atoms. The number of hydrogen-bond donors (Lipinski definition) is 2. The highest BCUT2D eigenvalue weighted by Crippen LogP contribution is 2.50. The Balaban J connectivity index is 1.16. The Labute approximate surface area is 238 Å². The van der Waals surface area contributed by atoms with Gasteiger partial charge in [0.1, 0.15) is 6.17 Å². The average Bonchev–Trinajstić information content (AvgIpc) is 3.39. The molecule has 6 fully saturated rings. The smallest absolute Gasteiger partial charge is 0.256 e. The Hall–Kier alpha value is -1.55. The molecule has 3 N–H and O–H groups in total. The van der Waals surface area contributed by atoms with Crippen molar-refractivity contribution in [1.29, 1.82) is 0 Å². The van der Waals surface area contributed by atoms with Crippen LogP contribution in [0.1, 0.15) is 70.6 Å². The highest BCUT2D eigenvalue weighted by molar-refractivity contribution is 6.20. The molecule has 0 aromatic carbocycles. The summed E-state index contributed by atoms with van der Waals surface area (Å²) in [6.45, 7) is 4.93. The van der Waals surface area contributed by atoms with Gasteiger partial charge in [-0.25, -0.2) is 4.39 Å². The molecule has 9 heteroatoms. The summed E-state index contributed by atoms with van der Waals surface area (Å²) in [5.41, 5.74) is 6.47. The van der Waals surface area contributed by atoms with Crippen LogP contribution in [-0.2, 0) is 14.3 Å². The lowest BCUT2D eigenvalue weighted by atomic mass is 9.64. The number of carbonyl (C=O) groups is 2. The van der Waals surface area contributed by atoms with Crippen LogP contribution in [0.4, 0.5) is 4.39 Å². The van der Waals surface area contributed by atoms with E-state index >= 15 is 4.39 Å². The van der Waals surface area contributed by atoms with Gasteiger partial charge in [-0.05, 0) is 63.5 Å². The fourth-order valence-corrected chi connectivity index (χ4v) is 9.56. The first-order chi connectivity index (χ1) is 19.5. The van der Waals surface area contributed by atoms with Crippen LogP contribution in [0, 0.1) is 17.8 Å². The molecule has 3 saturated heterocycles. The number of ketones is 1. The largest absolute Gasteiger partial charge is 0.369 e. The maximum Gasteiger partial charge on any atom is 0.256 e. The van der Waals surface area contributed by atoms with Crippen molar-refractivity contribution in [2.75, 3.05) is 39.3 Å². The number of nitrogens with one attached hydrogen (secondary N) is 1. The van der Waals surface area contributed by atoms with Crippen LogP contribution in [0.3, 0.4) is 0 Å². The molecule has 3 aliphatic carbocycles. The Morgan fingerprint density at radius 3 is 2.52 bits per heavy atom. The van der Waals surface area contributed by atoms with Gasteiger partial charge < -0.3 is 25.6 Å². The summed E-state index contributed by atoms with van der Waals surface area (Å²) >= 11 is 0. The van der Waals surface area contributed by atoms with Gasteiger partial charge in [0.05, 0.1) is 35.9 Å². The van der Waals surface area contributed by atoms with E-state index in [1.807, 2.05) is 6.20 Å². The number of ether oxygens (including phenoxy) is 1. The fourth-order valence-electron chi connectivity index (χ4n) is 9.56. The number of halogens is 1. The molecular formula is C31H48FN5O3. The quantitative estimate of drug-likeness (QED) is 0.501. The van der Waals surface area contributed by atoms with Gasteiger partial charge in [-0.3, -0.25) is 14.5 Å². The van der Waals surface area contributed by atoms with Gasteiger partial charge in [0.2, 0.25) is 0 Å². The molecule has 222 valence electrons. The topological polar surface area (TPSA) is 91.1 Å². The molecule has 0 radical (unpaired) electrons. The van der Waals surface area contributed by atoms with Gasteiger partial charge in [-0.2, -0.15) is 0 Å². The van der Waals surface area contributed by atoms with Crippen LogP contribution in [0.5, 0.6) is 0 Å². The Kier molecular flexibility index (Phi) is 7.69. The average molecular weight is 558 g/mol. The standard InChI is InChI=1S/C31H48FN5O3/c32-24-16-22-27-30(28(24)36-12-8-21(33)17-36)40-26-15-20-7-3-2-6-19(20)14-25(26)37(27)18-23(29(22)38)31(39)34-9-13-35-10-4-1-5-11-35/h18-22,24-28,30H,1-17,33H2,(H,34,39). The molecule has 4 heterocycles. The number of Topliss-reactive ketones (excluding diaryl/α,β-unsaturated/α-hetero) is 1. The van der Waals surface area contributed by atoms with Crippen molar-refractivity contribution in [3.05, 3.63) is 11.8 Å². The van der Waals surface area contributed by atoms with Crippen LogP contribution < -0.4 is 11.1 Å². The number of piperidine rings is 1. The van der Waals surface area contributed by atoms with Crippen molar-refractivity contribution in [3.63, 3.8) is 0 Å². The second-order valence-corrected chi connectivity index (χ2v) is 13.9. The Bertz CT molecular complexity index is 1000. The zero-order valence-electron chi connectivity index (χ0n) is 23.9. The number of nitrogens with two attached hydrogens (primary N) is 1. The highest BCUT2D eigenvalue weighted by Gasteiger charge is 2.60. The molecule has 8 nitrogen and oxygen atoms in total. The fraction of sp³-hybridized carbons (Fsp3) is 0.871. The summed E-state index contributed by atoms with van der Waals surface area (Å²) in [7, 11) is 0. The molecule has 4 aliphatic heterocycles. The number of amides is 1. The minimum absolute atomic E-state index is 0.0122. The summed E-state index contributed by atoms with van der Waals surface area (Å²) in [6.07, 6.45) is 12.2. The van der Waals surface area contributed by atoms with Gasteiger partial charge in [0, 0.05) is 44.3 Å². The van der Waals surface area contributed by atoms with E-state index in [9.17, 15) is 9.59 Å².